The molecule has 6 nitrogen and oxygen atoms in total. The van der Waals surface area contributed by atoms with Crippen LogP contribution in [0.25, 0.3) is 0 Å². The highest BCUT2D eigenvalue weighted by molar-refractivity contribution is 5.84. The van der Waals surface area contributed by atoms with Crippen molar-refractivity contribution in [2.24, 2.45) is 4.99 Å². The summed E-state index contributed by atoms with van der Waals surface area (Å²) in [6.07, 6.45) is 1.70. The van der Waals surface area contributed by atoms with E-state index in [1.165, 1.54) is 5.56 Å². The Kier molecular flexibility index (Phi) is 6.68. The first kappa shape index (κ1) is 19.2. The molecule has 1 heterocycles. The van der Waals surface area contributed by atoms with Crippen LogP contribution in [0, 0.1) is 0 Å². The fraction of sp³-hybridized carbons (Fsp3) is 0.381. The summed E-state index contributed by atoms with van der Waals surface area (Å²) in [6.45, 7) is 3.79. The van der Waals surface area contributed by atoms with Gasteiger partial charge >= 0.3 is 0 Å². The molecule has 1 fully saturated rings. The van der Waals surface area contributed by atoms with Crippen LogP contribution in [-0.2, 0) is 4.74 Å². The lowest BCUT2D eigenvalue weighted by molar-refractivity contribution is 0.0180. The topological polar surface area (TPSA) is 63.5 Å². The number of nitrogens with zero attached hydrogens (tertiary/aromatic N) is 2. The Morgan fingerprint density at radius 1 is 1.07 bits per heavy atom. The van der Waals surface area contributed by atoms with Crippen LogP contribution in [0.1, 0.15) is 17.2 Å². The fourth-order valence-corrected chi connectivity index (χ4v) is 3.16. The van der Waals surface area contributed by atoms with E-state index < -0.39 is 0 Å². The molecule has 0 saturated carbocycles. The molecule has 2 aromatic carbocycles. The number of benzene rings is 2. The monoisotopic (exact) mass is 370 g/mol. The van der Waals surface area contributed by atoms with Crippen molar-refractivity contribution in [3.05, 3.63) is 53.6 Å². The van der Waals surface area contributed by atoms with E-state index in [-0.39, 0.29) is 11.8 Å². The van der Waals surface area contributed by atoms with Crippen LogP contribution < -0.4 is 9.47 Å². The zero-order chi connectivity index (χ0) is 19.1. The van der Waals surface area contributed by atoms with Gasteiger partial charge in [-0.15, -0.1) is 0 Å². The summed E-state index contributed by atoms with van der Waals surface area (Å²) in [5.74, 6) is 1.71. The molecule has 2 aromatic rings. The highest BCUT2D eigenvalue weighted by atomic mass is 16.5. The Morgan fingerprint density at radius 3 is 2.41 bits per heavy atom. The number of morpholine rings is 1. The maximum atomic E-state index is 10.0. The van der Waals surface area contributed by atoms with Gasteiger partial charge in [0.15, 0.2) is 0 Å². The highest BCUT2D eigenvalue weighted by Crippen LogP contribution is 2.25. The second-order valence-corrected chi connectivity index (χ2v) is 6.36. The number of phenolic OH excluding ortho intramolecular Hbond substituents is 1. The summed E-state index contributed by atoms with van der Waals surface area (Å²) in [6, 6.07) is 13.4. The third-order valence-corrected chi connectivity index (χ3v) is 4.73. The standard InChI is InChI=1S/C21H26N2O4/c1-25-18-5-3-16(4-6-18)20(23-9-11-27-12-10-23)15-22-14-17-13-19(26-2)7-8-21(17)24/h3-8,13-14,20,24H,9-12,15H2,1-2H3/t20-/m0/s1. The Bertz CT molecular complexity index is 755. The molecule has 0 bridgehead atoms. The molecule has 3 rings (SSSR count). The lowest BCUT2D eigenvalue weighted by atomic mass is 10.0. The zero-order valence-electron chi connectivity index (χ0n) is 15.8. The first-order chi connectivity index (χ1) is 13.2. The number of phenols is 1. The van der Waals surface area contributed by atoms with Gasteiger partial charge in [-0.1, -0.05) is 12.1 Å². The lowest BCUT2D eigenvalue weighted by Crippen LogP contribution is -2.40. The number of aromatic hydroxyl groups is 1. The Balaban J connectivity index is 1.78. The van der Waals surface area contributed by atoms with Crippen LogP contribution in [0.5, 0.6) is 17.2 Å². The van der Waals surface area contributed by atoms with Gasteiger partial charge in [-0.3, -0.25) is 9.89 Å². The minimum absolute atomic E-state index is 0.142. The van der Waals surface area contributed by atoms with Gasteiger partial charge in [-0.05, 0) is 35.9 Å². The van der Waals surface area contributed by atoms with Crippen molar-refractivity contribution < 1.29 is 19.3 Å². The number of ether oxygens (including phenoxy) is 3. The molecule has 1 N–H and O–H groups in total. The number of aliphatic imine (C=N–C) groups is 1. The van der Waals surface area contributed by atoms with E-state index in [2.05, 4.69) is 22.0 Å². The molecule has 1 atom stereocenters. The van der Waals surface area contributed by atoms with Gasteiger partial charge in [0, 0.05) is 24.9 Å². The second-order valence-electron chi connectivity index (χ2n) is 6.36. The van der Waals surface area contributed by atoms with Crippen molar-refractivity contribution in [3.63, 3.8) is 0 Å². The summed E-state index contributed by atoms with van der Waals surface area (Å²) < 4.78 is 16.0. The quantitative estimate of drug-likeness (QED) is 0.760. The minimum Gasteiger partial charge on any atom is -0.507 e. The molecule has 27 heavy (non-hydrogen) atoms. The molecule has 1 aliphatic heterocycles. The van der Waals surface area contributed by atoms with E-state index in [9.17, 15) is 5.11 Å². The molecule has 0 aromatic heterocycles. The predicted octanol–water partition coefficient (Wildman–Crippen LogP) is 2.90. The molecule has 0 spiro atoms. The number of methoxy groups -OCH3 is 2. The molecule has 1 saturated heterocycles. The largest absolute Gasteiger partial charge is 0.507 e. The Hall–Kier alpha value is -2.57. The molecule has 1 aliphatic rings. The van der Waals surface area contributed by atoms with Crippen LogP contribution in [0.4, 0.5) is 0 Å². The molecule has 0 unspecified atom stereocenters. The van der Waals surface area contributed by atoms with Gasteiger partial charge in [0.2, 0.25) is 0 Å². The van der Waals surface area contributed by atoms with Crippen molar-refractivity contribution in [2.75, 3.05) is 47.1 Å². The van der Waals surface area contributed by atoms with Crippen LogP contribution >= 0.6 is 0 Å². The van der Waals surface area contributed by atoms with Gasteiger partial charge in [-0.2, -0.15) is 0 Å². The average molecular weight is 370 g/mol. The third-order valence-electron chi connectivity index (χ3n) is 4.73. The predicted molar refractivity (Wildman–Crippen MR) is 105 cm³/mol. The van der Waals surface area contributed by atoms with Crippen LogP contribution in [-0.4, -0.2) is 63.3 Å². The average Bonchev–Trinajstić information content (AvgIpc) is 2.73. The summed E-state index contributed by atoms with van der Waals surface area (Å²) in [7, 11) is 3.27. The fourth-order valence-electron chi connectivity index (χ4n) is 3.16. The summed E-state index contributed by atoms with van der Waals surface area (Å²) in [5.41, 5.74) is 1.83. The van der Waals surface area contributed by atoms with Gasteiger partial charge < -0.3 is 19.3 Å². The van der Waals surface area contributed by atoms with Crippen LogP contribution in [0.2, 0.25) is 0 Å². The summed E-state index contributed by atoms with van der Waals surface area (Å²) in [5, 5.41) is 10.0. The highest BCUT2D eigenvalue weighted by Gasteiger charge is 2.22. The maximum Gasteiger partial charge on any atom is 0.124 e. The van der Waals surface area contributed by atoms with E-state index in [0.29, 0.717) is 17.9 Å². The van der Waals surface area contributed by atoms with Crippen molar-refractivity contribution >= 4 is 6.21 Å². The van der Waals surface area contributed by atoms with Crippen molar-refractivity contribution in [2.45, 2.75) is 6.04 Å². The zero-order valence-corrected chi connectivity index (χ0v) is 15.8. The molecular formula is C21H26N2O4. The minimum atomic E-state index is 0.142. The molecule has 0 radical (unpaired) electrons. The first-order valence-electron chi connectivity index (χ1n) is 9.04. The first-order valence-corrected chi connectivity index (χ1v) is 9.04. The van der Waals surface area contributed by atoms with Gasteiger partial charge in [0.25, 0.3) is 0 Å². The number of hydrogen-bond donors (Lipinski definition) is 1. The van der Waals surface area contributed by atoms with E-state index in [4.69, 9.17) is 14.2 Å². The van der Waals surface area contributed by atoms with Gasteiger partial charge in [0.05, 0.1) is 40.0 Å². The molecular weight excluding hydrogens is 344 g/mol. The Morgan fingerprint density at radius 2 is 1.74 bits per heavy atom. The number of hydrogen-bond acceptors (Lipinski definition) is 6. The SMILES string of the molecule is COc1ccc([C@H](CN=Cc2cc(OC)ccc2O)N2CCOCC2)cc1. The number of rotatable bonds is 7. The van der Waals surface area contributed by atoms with Crippen LogP contribution in [0.15, 0.2) is 47.5 Å². The second kappa shape index (κ2) is 9.39. The molecule has 0 aliphatic carbocycles. The van der Waals surface area contributed by atoms with E-state index >= 15 is 0 Å². The Labute approximate surface area is 160 Å². The molecule has 0 amide bonds. The van der Waals surface area contributed by atoms with E-state index in [1.807, 2.05) is 12.1 Å². The summed E-state index contributed by atoms with van der Waals surface area (Å²) in [4.78, 5) is 7.00. The lowest BCUT2D eigenvalue weighted by Gasteiger charge is -2.34. The van der Waals surface area contributed by atoms with Crippen molar-refractivity contribution in [1.82, 2.24) is 4.90 Å². The van der Waals surface area contributed by atoms with E-state index in [1.54, 1.807) is 38.6 Å². The van der Waals surface area contributed by atoms with Crippen molar-refractivity contribution in [1.29, 1.82) is 0 Å². The van der Waals surface area contributed by atoms with Crippen molar-refractivity contribution in [3.8, 4) is 17.2 Å². The third kappa shape index (κ3) is 4.99. The summed E-state index contributed by atoms with van der Waals surface area (Å²) >= 11 is 0. The smallest absolute Gasteiger partial charge is 0.124 e. The van der Waals surface area contributed by atoms with Gasteiger partial charge in [-0.25, -0.2) is 0 Å². The molecule has 6 heteroatoms. The van der Waals surface area contributed by atoms with Crippen LogP contribution in [0.3, 0.4) is 0 Å². The van der Waals surface area contributed by atoms with E-state index in [0.717, 1.165) is 32.1 Å². The normalized spacial score (nSPS) is 16.4. The maximum absolute atomic E-state index is 10.0. The van der Waals surface area contributed by atoms with Gasteiger partial charge in [0.1, 0.15) is 17.2 Å². The molecule has 144 valence electrons.